The average molecular weight is 852 g/mol. The van der Waals surface area contributed by atoms with Gasteiger partial charge in [0, 0.05) is 72.4 Å². The molecule has 3 heterocycles. The highest BCUT2D eigenvalue weighted by atomic mass is 127. The zero-order valence-corrected chi connectivity index (χ0v) is 31.0. The van der Waals surface area contributed by atoms with Crippen molar-refractivity contribution in [2.45, 2.75) is 61.8 Å². The third kappa shape index (κ3) is 6.52. The lowest BCUT2D eigenvalue weighted by atomic mass is 9.95. The van der Waals surface area contributed by atoms with Crippen LogP contribution in [0.5, 0.6) is 11.5 Å². The Hall–Kier alpha value is -2.95. The van der Waals surface area contributed by atoms with E-state index in [1.54, 1.807) is 15.9 Å². The number of nitrogens with zero attached hydrogens (tertiary/aromatic N) is 2. The number of alkyl halides is 2. The molecule has 0 unspecified atom stereocenters. The van der Waals surface area contributed by atoms with Gasteiger partial charge < -0.3 is 42.8 Å². The van der Waals surface area contributed by atoms with Gasteiger partial charge in [0.25, 0.3) is 0 Å². The van der Waals surface area contributed by atoms with Crippen LogP contribution in [0.4, 0.5) is 11.4 Å². The first-order valence-corrected chi connectivity index (χ1v) is 18.7. The van der Waals surface area contributed by atoms with Gasteiger partial charge in [0.1, 0.15) is 35.9 Å². The molecular formula is C37H37Cl2IN2O9. The van der Waals surface area contributed by atoms with E-state index in [1.807, 2.05) is 77.6 Å². The lowest BCUT2D eigenvalue weighted by molar-refractivity contribution is -0.277. The first-order chi connectivity index (χ1) is 24.7. The fourth-order valence-corrected chi connectivity index (χ4v) is 8.53. The van der Waals surface area contributed by atoms with Gasteiger partial charge in [0.05, 0.1) is 18.0 Å². The molecule has 1 fully saturated rings. The van der Waals surface area contributed by atoms with Gasteiger partial charge in [-0.05, 0) is 28.3 Å². The molecule has 3 aliphatic heterocycles. The second-order valence-electron chi connectivity index (χ2n) is 13.2. The molecule has 0 aliphatic carbocycles. The molecule has 270 valence electrons. The van der Waals surface area contributed by atoms with Gasteiger partial charge in [-0.1, -0.05) is 48.5 Å². The van der Waals surface area contributed by atoms with Gasteiger partial charge in [-0.25, -0.2) is 0 Å². The van der Waals surface area contributed by atoms with E-state index in [1.165, 1.54) is 0 Å². The highest BCUT2D eigenvalue weighted by Gasteiger charge is 2.45. The molecule has 4 N–H and O–H groups in total. The van der Waals surface area contributed by atoms with Gasteiger partial charge in [0.2, 0.25) is 18.1 Å². The Morgan fingerprint density at radius 3 is 1.75 bits per heavy atom. The van der Waals surface area contributed by atoms with Crippen LogP contribution in [0.2, 0.25) is 0 Å². The van der Waals surface area contributed by atoms with E-state index in [9.17, 15) is 30.0 Å². The predicted octanol–water partition coefficient (Wildman–Crippen LogP) is 5.11. The number of rotatable bonds is 10. The molecule has 7 atom stereocenters. The monoisotopic (exact) mass is 850 g/mol. The minimum absolute atomic E-state index is 0.0387. The third-order valence-electron chi connectivity index (χ3n) is 10.2. The second-order valence-corrected chi connectivity index (χ2v) is 14.2. The first-order valence-electron chi connectivity index (χ1n) is 16.8. The Bertz CT molecular complexity index is 1960. The summed E-state index contributed by atoms with van der Waals surface area (Å²) in [5, 5.41) is 44.4. The zero-order valence-electron chi connectivity index (χ0n) is 27.3. The van der Waals surface area contributed by atoms with Crippen molar-refractivity contribution in [2.24, 2.45) is 0 Å². The lowest BCUT2D eigenvalue weighted by Gasteiger charge is -2.39. The summed E-state index contributed by atoms with van der Waals surface area (Å²) >= 11 is 14.7. The number of hydrogen-bond donors (Lipinski definition) is 4. The van der Waals surface area contributed by atoms with E-state index >= 15 is 0 Å². The number of carbonyl (C=O) groups is 2. The van der Waals surface area contributed by atoms with E-state index in [4.69, 9.17) is 35.7 Å². The van der Waals surface area contributed by atoms with E-state index in [-0.39, 0.29) is 48.1 Å². The fourth-order valence-electron chi connectivity index (χ4n) is 7.66. The summed E-state index contributed by atoms with van der Waals surface area (Å²) in [6.45, 7) is 0.184. The highest BCUT2D eigenvalue weighted by Crippen LogP contribution is 2.48. The number of amides is 2. The molecule has 4 aromatic carbocycles. The molecule has 11 nitrogen and oxygen atoms in total. The number of carbonyl (C=O) groups excluding carboxylic acids is 2. The summed E-state index contributed by atoms with van der Waals surface area (Å²) in [5.41, 5.74) is 3.27. The number of hydrogen-bond acceptors (Lipinski definition) is 9. The Kier molecular flexibility index (Phi) is 10.8. The maximum absolute atomic E-state index is 13.9. The average Bonchev–Trinajstić information content (AvgIpc) is 3.73. The van der Waals surface area contributed by atoms with Crippen molar-refractivity contribution < 1.29 is 42.6 Å². The number of fused-ring (bicyclic) bond motifs is 6. The van der Waals surface area contributed by atoms with Crippen molar-refractivity contribution in [1.29, 1.82) is 0 Å². The van der Waals surface area contributed by atoms with Gasteiger partial charge in [0.15, 0.2) is 23.0 Å². The number of anilines is 2. The van der Waals surface area contributed by atoms with Crippen LogP contribution in [0.15, 0.2) is 60.7 Å². The number of aliphatic hydroxyl groups excluding tert-OH is 4. The van der Waals surface area contributed by atoms with E-state index in [2.05, 4.69) is 0 Å². The Morgan fingerprint density at radius 1 is 0.765 bits per heavy atom. The topological polar surface area (TPSA) is 149 Å². The molecule has 7 rings (SSSR count). The summed E-state index contributed by atoms with van der Waals surface area (Å²) in [5.74, 6) is 1.07. The maximum atomic E-state index is 13.9. The summed E-state index contributed by atoms with van der Waals surface area (Å²) < 4.78 is 17.4. The molecule has 51 heavy (non-hydrogen) atoms. The Balaban J connectivity index is 1.11. The minimum Gasteiger partial charge on any atom is -0.461 e. The van der Waals surface area contributed by atoms with Gasteiger partial charge in [-0.15, -0.1) is 23.2 Å². The lowest BCUT2D eigenvalue weighted by Crippen LogP contribution is -2.60. The Labute approximate surface area is 318 Å². The molecule has 1 saturated heterocycles. The summed E-state index contributed by atoms with van der Waals surface area (Å²) in [6.07, 6.45) is -6.74. The molecule has 0 spiro atoms. The fraction of sp³-hybridized carbons (Fsp3) is 0.405. The largest absolute Gasteiger partial charge is 0.461 e. The van der Waals surface area contributed by atoms with Crippen molar-refractivity contribution in [3.05, 3.63) is 71.8 Å². The third-order valence-corrected chi connectivity index (χ3v) is 11.4. The molecule has 4 aromatic rings. The van der Waals surface area contributed by atoms with E-state index in [0.717, 1.165) is 33.0 Å². The van der Waals surface area contributed by atoms with Crippen molar-refractivity contribution >= 4 is 90.9 Å². The minimum atomic E-state index is -1.61. The van der Waals surface area contributed by atoms with Crippen molar-refractivity contribution in [2.75, 3.05) is 41.3 Å². The van der Waals surface area contributed by atoms with Crippen LogP contribution in [0.1, 0.15) is 42.2 Å². The normalized spacial score (nSPS) is 25.7. The molecule has 0 saturated carbocycles. The van der Waals surface area contributed by atoms with Crippen molar-refractivity contribution in [3.63, 3.8) is 0 Å². The SMILES string of the molecule is O=C(CCCC(=O)N1C[C@@H](CCl)c2c1cc(O[C@@H]1O[C@H](CO)[C@H](O)[C@H](O)[C@H]1O)c1ccccc21)N1C[C@@H](CCl)c2c1cc(OI)c1ccccc21. The number of benzene rings is 4. The van der Waals surface area contributed by atoms with Crippen molar-refractivity contribution in [3.8, 4) is 11.5 Å². The highest BCUT2D eigenvalue weighted by molar-refractivity contribution is 14.1. The molecule has 0 bridgehead atoms. The van der Waals surface area contributed by atoms with Crippen LogP contribution in [0.25, 0.3) is 21.5 Å². The maximum Gasteiger partial charge on any atom is 0.229 e. The van der Waals surface area contributed by atoms with Crippen LogP contribution < -0.4 is 17.6 Å². The molecule has 2 amide bonds. The molecule has 14 heteroatoms. The second kappa shape index (κ2) is 15.2. The van der Waals surface area contributed by atoms with Crippen LogP contribution >= 0.6 is 46.2 Å². The van der Waals surface area contributed by atoms with Crippen LogP contribution in [0, 0.1) is 0 Å². The molecular weight excluding hydrogens is 814 g/mol. The van der Waals surface area contributed by atoms with E-state index in [0.29, 0.717) is 42.2 Å². The summed E-state index contributed by atoms with van der Waals surface area (Å²) in [4.78, 5) is 31.0. The van der Waals surface area contributed by atoms with Crippen LogP contribution in [-0.4, -0.2) is 94.4 Å². The predicted molar refractivity (Wildman–Crippen MR) is 202 cm³/mol. The van der Waals surface area contributed by atoms with Gasteiger partial charge in [-0.2, -0.15) is 0 Å². The zero-order chi connectivity index (χ0) is 36.0. The Morgan fingerprint density at radius 2 is 1.25 bits per heavy atom. The molecule has 3 aliphatic rings. The number of aliphatic hydroxyl groups is 4. The first kappa shape index (κ1) is 36.4. The van der Waals surface area contributed by atoms with Crippen molar-refractivity contribution in [1.82, 2.24) is 0 Å². The number of halogens is 3. The number of ether oxygens (including phenoxy) is 2. The van der Waals surface area contributed by atoms with Gasteiger partial charge >= 0.3 is 0 Å². The quantitative estimate of drug-likeness (QED) is 0.126. The summed E-state index contributed by atoms with van der Waals surface area (Å²) in [6, 6.07) is 18.9. The standard InChI is InChI=1S/C37H37Cl2IN2O9/c38-14-19-16-41(25-12-27(21-6-1-3-8-23(21)32(19)25)49-37-36(48)35(47)34(46)29(18-43)50-37)30(44)10-5-11-31(45)42-17-20(15-39)33-24-9-4-2-7-22(24)28(51-40)13-26(33)42/h1-4,6-9,12-13,19-20,29,34-37,43,46-48H,5,10-11,14-18H2/t19-,20-,29-,34+,35+,36-,37-/m1/s1. The van der Waals surface area contributed by atoms with Crippen LogP contribution in [-0.2, 0) is 14.3 Å². The summed E-state index contributed by atoms with van der Waals surface area (Å²) in [7, 11) is 0. The molecule has 0 radical (unpaired) electrons. The molecule has 0 aromatic heterocycles. The smallest absolute Gasteiger partial charge is 0.229 e. The van der Waals surface area contributed by atoms with Crippen LogP contribution in [0.3, 0.4) is 0 Å². The van der Waals surface area contributed by atoms with Gasteiger partial charge in [-0.3, -0.25) is 9.59 Å². The van der Waals surface area contributed by atoms with E-state index < -0.39 is 37.3 Å².